The van der Waals surface area contributed by atoms with Gasteiger partial charge in [0.25, 0.3) is 0 Å². The number of halogens is 1. The Morgan fingerprint density at radius 1 is 1.35 bits per heavy atom. The first kappa shape index (κ1) is 15.1. The third-order valence-electron chi connectivity index (χ3n) is 3.12. The predicted molar refractivity (Wildman–Crippen MR) is 81.8 cm³/mol. The highest BCUT2D eigenvalue weighted by Gasteiger charge is 2.11. The summed E-state index contributed by atoms with van der Waals surface area (Å²) < 4.78 is 13.1. The lowest BCUT2D eigenvalue weighted by Crippen LogP contribution is -2.13. The molecule has 0 saturated carbocycles. The van der Waals surface area contributed by atoms with Crippen LogP contribution in [-0.4, -0.2) is 35.3 Å². The van der Waals surface area contributed by atoms with Gasteiger partial charge in [-0.15, -0.1) is 11.6 Å². The molecule has 0 amide bonds. The molecule has 0 aliphatic heterocycles. The van der Waals surface area contributed by atoms with Crippen molar-refractivity contribution in [3.8, 4) is 5.75 Å². The van der Waals surface area contributed by atoms with Crippen LogP contribution in [0.1, 0.15) is 19.7 Å². The van der Waals surface area contributed by atoms with Crippen molar-refractivity contribution in [2.24, 2.45) is 0 Å². The summed E-state index contributed by atoms with van der Waals surface area (Å²) in [6.45, 7) is 5.53. The maximum Gasteiger partial charge on any atom is 0.121 e. The second-order valence-corrected chi connectivity index (χ2v) is 5.27. The molecule has 1 heterocycles. The summed E-state index contributed by atoms with van der Waals surface area (Å²) in [7, 11) is 1.66. The van der Waals surface area contributed by atoms with Gasteiger partial charge in [0.15, 0.2) is 0 Å². The van der Waals surface area contributed by atoms with Crippen molar-refractivity contribution in [3.63, 3.8) is 0 Å². The minimum atomic E-state index is 0.237. The predicted octanol–water partition coefficient (Wildman–Crippen LogP) is 3.25. The van der Waals surface area contributed by atoms with Gasteiger partial charge in [-0.05, 0) is 26.0 Å². The molecule has 5 heteroatoms. The molecule has 1 aromatic heterocycles. The number of fused-ring (bicyclic) bond motifs is 1. The third kappa shape index (κ3) is 3.44. The molecule has 0 fully saturated rings. The summed E-state index contributed by atoms with van der Waals surface area (Å²) in [5.74, 6) is 2.37. The van der Waals surface area contributed by atoms with Gasteiger partial charge in [-0.1, -0.05) is 0 Å². The van der Waals surface area contributed by atoms with Gasteiger partial charge in [-0.25, -0.2) is 4.98 Å². The van der Waals surface area contributed by atoms with E-state index in [1.165, 1.54) is 0 Å². The largest absolute Gasteiger partial charge is 0.497 e. The fourth-order valence-electron chi connectivity index (χ4n) is 2.19. The molecule has 2 rings (SSSR count). The number of hydrogen-bond donors (Lipinski definition) is 0. The minimum Gasteiger partial charge on any atom is -0.497 e. The SMILES string of the molecule is COc1ccc2c(c1)nc(CCCl)n2CCOC(C)C. The van der Waals surface area contributed by atoms with E-state index in [1.807, 2.05) is 32.0 Å². The van der Waals surface area contributed by atoms with Gasteiger partial charge in [-0.2, -0.15) is 0 Å². The highest BCUT2D eigenvalue weighted by Crippen LogP contribution is 2.22. The van der Waals surface area contributed by atoms with E-state index in [9.17, 15) is 0 Å². The second-order valence-electron chi connectivity index (χ2n) is 4.89. The zero-order valence-electron chi connectivity index (χ0n) is 12.2. The molecule has 2 aromatic rings. The lowest BCUT2D eigenvalue weighted by molar-refractivity contribution is 0.0729. The van der Waals surface area contributed by atoms with Crippen molar-refractivity contribution in [1.82, 2.24) is 9.55 Å². The van der Waals surface area contributed by atoms with Crippen LogP contribution in [0.4, 0.5) is 0 Å². The van der Waals surface area contributed by atoms with Gasteiger partial charge < -0.3 is 14.0 Å². The van der Waals surface area contributed by atoms with Crippen LogP contribution in [0, 0.1) is 0 Å². The molecule has 0 bridgehead atoms. The number of aryl methyl sites for hydroxylation is 1. The second kappa shape index (κ2) is 6.95. The summed E-state index contributed by atoms with van der Waals surface area (Å²) in [6, 6.07) is 5.94. The Labute approximate surface area is 124 Å². The summed E-state index contributed by atoms with van der Waals surface area (Å²) in [4.78, 5) is 4.65. The molecule has 0 radical (unpaired) electrons. The fourth-order valence-corrected chi connectivity index (χ4v) is 2.36. The molecule has 0 N–H and O–H groups in total. The molecule has 110 valence electrons. The van der Waals surface area contributed by atoms with Crippen LogP contribution in [0.5, 0.6) is 5.75 Å². The van der Waals surface area contributed by atoms with Gasteiger partial charge in [0.2, 0.25) is 0 Å². The first-order chi connectivity index (χ1) is 9.65. The number of aromatic nitrogens is 2. The Kier molecular flexibility index (Phi) is 5.26. The lowest BCUT2D eigenvalue weighted by Gasteiger charge is -2.11. The number of imidazole rings is 1. The van der Waals surface area contributed by atoms with Gasteiger partial charge in [-0.3, -0.25) is 0 Å². The summed E-state index contributed by atoms with van der Waals surface area (Å²) in [5.41, 5.74) is 2.03. The molecule has 20 heavy (non-hydrogen) atoms. The van der Waals surface area contributed by atoms with E-state index in [0.29, 0.717) is 12.5 Å². The van der Waals surface area contributed by atoms with Crippen molar-refractivity contribution in [3.05, 3.63) is 24.0 Å². The lowest BCUT2D eigenvalue weighted by atomic mass is 10.3. The zero-order chi connectivity index (χ0) is 14.5. The molecule has 4 nitrogen and oxygen atoms in total. The average Bonchev–Trinajstić information content (AvgIpc) is 2.76. The van der Waals surface area contributed by atoms with Crippen molar-refractivity contribution in [2.45, 2.75) is 32.9 Å². The number of rotatable bonds is 7. The van der Waals surface area contributed by atoms with Crippen molar-refractivity contribution >= 4 is 22.6 Å². The molecule has 0 spiro atoms. The van der Waals surface area contributed by atoms with Crippen molar-refractivity contribution in [2.75, 3.05) is 19.6 Å². The maximum atomic E-state index is 5.87. The number of benzene rings is 1. The minimum absolute atomic E-state index is 0.237. The van der Waals surface area contributed by atoms with E-state index in [4.69, 9.17) is 21.1 Å². The molecular weight excluding hydrogens is 276 g/mol. The zero-order valence-corrected chi connectivity index (χ0v) is 13.0. The number of alkyl halides is 1. The molecule has 0 unspecified atom stereocenters. The molecular formula is C15H21ClN2O2. The molecule has 0 aliphatic rings. The standard InChI is InChI=1S/C15H21ClN2O2/c1-11(2)20-9-8-18-14-5-4-12(19-3)10-13(14)17-15(18)6-7-16/h4-5,10-11H,6-9H2,1-3H3. The van der Waals surface area contributed by atoms with E-state index in [0.717, 1.165) is 35.6 Å². The summed E-state index contributed by atoms with van der Waals surface area (Å²) in [6.07, 6.45) is 0.988. The highest BCUT2D eigenvalue weighted by molar-refractivity contribution is 6.17. The van der Waals surface area contributed by atoms with Crippen molar-refractivity contribution in [1.29, 1.82) is 0 Å². The number of methoxy groups -OCH3 is 1. The van der Waals surface area contributed by atoms with Crippen LogP contribution in [0.2, 0.25) is 0 Å². The van der Waals surface area contributed by atoms with Gasteiger partial charge in [0, 0.05) is 24.9 Å². The van der Waals surface area contributed by atoms with Gasteiger partial charge >= 0.3 is 0 Å². The maximum absolute atomic E-state index is 5.87. The quantitative estimate of drug-likeness (QED) is 0.736. The Morgan fingerprint density at radius 2 is 2.15 bits per heavy atom. The summed E-state index contributed by atoms with van der Waals surface area (Å²) in [5, 5.41) is 0. The first-order valence-electron chi connectivity index (χ1n) is 6.86. The van der Waals surface area contributed by atoms with E-state index in [1.54, 1.807) is 7.11 Å². The van der Waals surface area contributed by atoms with Gasteiger partial charge in [0.1, 0.15) is 11.6 Å². The Morgan fingerprint density at radius 3 is 2.80 bits per heavy atom. The molecule has 0 aliphatic carbocycles. The smallest absolute Gasteiger partial charge is 0.121 e. The van der Waals surface area contributed by atoms with Crippen LogP contribution in [0.25, 0.3) is 11.0 Å². The van der Waals surface area contributed by atoms with Crippen LogP contribution in [0.15, 0.2) is 18.2 Å². The fraction of sp³-hybridized carbons (Fsp3) is 0.533. The molecule has 1 aromatic carbocycles. The number of ether oxygens (including phenoxy) is 2. The highest BCUT2D eigenvalue weighted by atomic mass is 35.5. The molecule has 0 atom stereocenters. The average molecular weight is 297 g/mol. The van der Waals surface area contributed by atoms with E-state index in [2.05, 4.69) is 9.55 Å². The van der Waals surface area contributed by atoms with Crippen molar-refractivity contribution < 1.29 is 9.47 Å². The van der Waals surface area contributed by atoms with Crippen LogP contribution < -0.4 is 4.74 Å². The number of hydrogen-bond acceptors (Lipinski definition) is 3. The molecule has 0 saturated heterocycles. The van der Waals surface area contributed by atoms with E-state index in [-0.39, 0.29) is 6.10 Å². The summed E-state index contributed by atoms with van der Waals surface area (Å²) >= 11 is 5.87. The Balaban J connectivity index is 2.30. The van der Waals surface area contributed by atoms with Crippen LogP contribution >= 0.6 is 11.6 Å². The monoisotopic (exact) mass is 296 g/mol. The Hall–Kier alpha value is -1.26. The topological polar surface area (TPSA) is 36.3 Å². The van der Waals surface area contributed by atoms with E-state index < -0.39 is 0 Å². The first-order valence-corrected chi connectivity index (χ1v) is 7.40. The third-order valence-corrected chi connectivity index (χ3v) is 3.31. The Bertz CT molecular complexity index is 566. The number of nitrogens with zero attached hydrogens (tertiary/aromatic N) is 2. The van der Waals surface area contributed by atoms with Crippen LogP contribution in [0.3, 0.4) is 0 Å². The van der Waals surface area contributed by atoms with Crippen LogP contribution in [-0.2, 0) is 17.7 Å². The van der Waals surface area contributed by atoms with E-state index >= 15 is 0 Å². The van der Waals surface area contributed by atoms with Gasteiger partial charge in [0.05, 0.1) is 30.9 Å². The normalized spacial score (nSPS) is 11.4.